The van der Waals surface area contributed by atoms with Gasteiger partial charge in [-0.15, -0.1) is 0 Å². The van der Waals surface area contributed by atoms with Crippen molar-refractivity contribution in [1.29, 1.82) is 0 Å². The van der Waals surface area contributed by atoms with Gasteiger partial charge in [-0.3, -0.25) is 4.79 Å². The fourth-order valence-electron chi connectivity index (χ4n) is 2.61. The Kier molecular flexibility index (Phi) is 4.93. The lowest BCUT2D eigenvalue weighted by molar-refractivity contribution is -0.126. The summed E-state index contributed by atoms with van der Waals surface area (Å²) < 4.78 is 50.9. The van der Waals surface area contributed by atoms with E-state index in [1.54, 1.807) is 19.1 Å². The molecule has 1 unspecified atom stereocenters. The summed E-state index contributed by atoms with van der Waals surface area (Å²) in [6, 6.07) is 5.41. The van der Waals surface area contributed by atoms with Gasteiger partial charge in [0.25, 0.3) is 0 Å². The summed E-state index contributed by atoms with van der Waals surface area (Å²) in [6.45, 7) is -1.19. The summed E-state index contributed by atoms with van der Waals surface area (Å²) >= 11 is 0. The normalized spacial score (nSPS) is 18.1. The highest BCUT2D eigenvalue weighted by Crippen LogP contribution is 2.39. The van der Waals surface area contributed by atoms with Gasteiger partial charge in [-0.25, -0.2) is 8.42 Å². The maximum absolute atomic E-state index is 12.4. The van der Waals surface area contributed by atoms with Gasteiger partial charge in [0, 0.05) is 6.26 Å². The minimum absolute atomic E-state index is 0.0221. The molecule has 128 valence electrons. The molecule has 0 saturated heterocycles. The number of halogens is 2. The molecular formula is C15H19F2NO4S. The van der Waals surface area contributed by atoms with E-state index >= 15 is 0 Å². The van der Waals surface area contributed by atoms with Crippen LogP contribution in [-0.4, -0.2) is 31.9 Å². The van der Waals surface area contributed by atoms with E-state index in [1.807, 2.05) is 0 Å². The molecular weight excluding hydrogens is 328 g/mol. The molecule has 1 saturated carbocycles. The third-order valence-corrected chi connectivity index (χ3v) is 6.25. The molecule has 1 aliphatic carbocycles. The number of carbonyl (C=O) groups excluding carboxylic acids is 1. The molecule has 1 aromatic carbocycles. The van der Waals surface area contributed by atoms with Crippen molar-refractivity contribution in [2.75, 3.05) is 6.26 Å². The first-order chi connectivity index (χ1) is 10.7. The van der Waals surface area contributed by atoms with Gasteiger partial charge in [-0.2, -0.15) is 8.78 Å². The lowest BCUT2D eigenvalue weighted by atomic mass is 9.83. The van der Waals surface area contributed by atoms with Crippen LogP contribution in [0.5, 0.6) is 5.75 Å². The summed E-state index contributed by atoms with van der Waals surface area (Å²) in [4.78, 5) is 12.4. The third kappa shape index (κ3) is 3.63. The molecule has 0 aromatic heterocycles. The number of carbonyl (C=O) groups is 1. The number of ether oxygens (including phenoxy) is 1. The van der Waals surface area contributed by atoms with Crippen molar-refractivity contribution in [2.45, 2.75) is 43.6 Å². The van der Waals surface area contributed by atoms with Gasteiger partial charge in [0.15, 0.2) is 9.84 Å². The van der Waals surface area contributed by atoms with Crippen molar-refractivity contribution in [3.63, 3.8) is 0 Å². The molecule has 8 heteroatoms. The Labute approximate surface area is 133 Å². The first-order valence-corrected chi connectivity index (χ1v) is 9.10. The summed E-state index contributed by atoms with van der Waals surface area (Å²) in [7, 11) is -3.49. The summed E-state index contributed by atoms with van der Waals surface area (Å²) in [5.74, 6) is -0.486. The molecule has 2 rings (SSSR count). The maximum Gasteiger partial charge on any atom is 0.387 e. The van der Waals surface area contributed by atoms with Gasteiger partial charge in [0.05, 0.1) is 6.04 Å². The van der Waals surface area contributed by atoms with Crippen LogP contribution in [0.25, 0.3) is 0 Å². The van der Waals surface area contributed by atoms with Crippen LogP contribution in [0.3, 0.4) is 0 Å². The highest BCUT2D eigenvalue weighted by Gasteiger charge is 2.53. The SMILES string of the molecule is CC(NC(=O)C1(S(C)(=O)=O)CCC1)c1ccc(OC(F)F)cc1. The molecule has 1 atom stereocenters. The molecule has 5 nitrogen and oxygen atoms in total. The summed E-state index contributed by atoms with van der Waals surface area (Å²) in [5.41, 5.74) is 0.669. The van der Waals surface area contributed by atoms with Crippen LogP contribution in [0.4, 0.5) is 8.78 Å². The predicted molar refractivity (Wildman–Crippen MR) is 81.1 cm³/mol. The molecule has 0 bridgehead atoms. The number of alkyl halides is 2. The zero-order chi connectivity index (χ0) is 17.3. The van der Waals surface area contributed by atoms with Crippen molar-refractivity contribution in [2.24, 2.45) is 0 Å². The van der Waals surface area contributed by atoms with Crippen LogP contribution in [0.1, 0.15) is 37.8 Å². The Morgan fingerprint density at radius 1 is 1.26 bits per heavy atom. The van der Waals surface area contributed by atoms with Crippen LogP contribution in [0.15, 0.2) is 24.3 Å². The second kappa shape index (κ2) is 6.43. The van der Waals surface area contributed by atoms with Crippen LogP contribution >= 0.6 is 0 Å². The number of rotatable bonds is 6. The maximum atomic E-state index is 12.4. The van der Waals surface area contributed by atoms with Gasteiger partial charge in [-0.05, 0) is 43.9 Å². The Bertz CT molecular complexity index is 669. The standard InChI is InChI=1S/C15H19F2NO4S/c1-10(11-4-6-12(7-5-11)22-14(16)17)18-13(19)15(8-3-9-15)23(2,20)21/h4-7,10,14H,3,8-9H2,1-2H3,(H,18,19). The number of benzene rings is 1. The topological polar surface area (TPSA) is 72.5 Å². The Morgan fingerprint density at radius 2 is 1.83 bits per heavy atom. The Morgan fingerprint density at radius 3 is 2.22 bits per heavy atom. The summed E-state index contributed by atoms with van der Waals surface area (Å²) in [5, 5.41) is 2.70. The summed E-state index contributed by atoms with van der Waals surface area (Å²) in [6.07, 6.45) is 2.43. The number of hydrogen-bond acceptors (Lipinski definition) is 4. The average molecular weight is 347 g/mol. The highest BCUT2D eigenvalue weighted by molar-refractivity contribution is 7.93. The van der Waals surface area contributed by atoms with Crippen molar-refractivity contribution >= 4 is 15.7 Å². The van der Waals surface area contributed by atoms with Crippen LogP contribution in [-0.2, 0) is 14.6 Å². The first-order valence-electron chi connectivity index (χ1n) is 7.21. The second-order valence-corrected chi connectivity index (χ2v) is 8.09. The largest absolute Gasteiger partial charge is 0.435 e. The molecule has 1 aliphatic rings. The van der Waals surface area contributed by atoms with Crippen molar-refractivity contribution < 1.29 is 26.7 Å². The van der Waals surface area contributed by atoms with E-state index in [-0.39, 0.29) is 5.75 Å². The molecule has 1 fully saturated rings. The smallest absolute Gasteiger partial charge is 0.387 e. The molecule has 1 N–H and O–H groups in total. The fraction of sp³-hybridized carbons (Fsp3) is 0.533. The van der Waals surface area contributed by atoms with Gasteiger partial charge in [0.2, 0.25) is 5.91 Å². The molecule has 0 heterocycles. The van der Waals surface area contributed by atoms with Gasteiger partial charge >= 0.3 is 6.61 Å². The number of hydrogen-bond donors (Lipinski definition) is 1. The lowest BCUT2D eigenvalue weighted by Crippen LogP contribution is -2.56. The van der Waals surface area contributed by atoms with Crippen LogP contribution < -0.4 is 10.1 Å². The van der Waals surface area contributed by atoms with Gasteiger partial charge in [0.1, 0.15) is 10.5 Å². The number of sulfone groups is 1. The van der Waals surface area contributed by atoms with E-state index < -0.39 is 33.1 Å². The van der Waals surface area contributed by atoms with Crippen molar-refractivity contribution in [3.05, 3.63) is 29.8 Å². The Hall–Kier alpha value is -1.70. The van der Waals surface area contributed by atoms with Gasteiger partial charge < -0.3 is 10.1 Å². The van der Waals surface area contributed by atoms with E-state index in [0.717, 1.165) is 6.26 Å². The monoisotopic (exact) mass is 347 g/mol. The van der Waals surface area contributed by atoms with E-state index in [2.05, 4.69) is 10.1 Å². The highest BCUT2D eigenvalue weighted by atomic mass is 32.2. The molecule has 23 heavy (non-hydrogen) atoms. The number of amides is 1. The van der Waals surface area contributed by atoms with E-state index in [1.165, 1.54) is 12.1 Å². The van der Waals surface area contributed by atoms with Crippen LogP contribution in [0.2, 0.25) is 0 Å². The van der Waals surface area contributed by atoms with Crippen LogP contribution in [0, 0.1) is 0 Å². The predicted octanol–water partition coefficient (Wildman–Crippen LogP) is 2.43. The average Bonchev–Trinajstić information content (AvgIpc) is 2.35. The third-order valence-electron chi connectivity index (χ3n) is 4.24. The quantitative estimate of drug-likeness (QED) is 0.858. The van der Waals surface area contributed by atoms with E-state index in [4.69, 9.17) is 0 Å². The zero-order valence-electron chi connectivity index (χ0n) is 12.9. The molecule has 1 aromatic rings. The first kappa shape index (κ1) is 17.7. The van der Waals surface area contributed by atoms with E-state index in [0.29, 0.717) is 24.8 Å². The Balaban J connectivity index is 2.07. The number of nitrogens with one attached hydrogen (secondary N) is 1. The van der Waals surface area contributed by atoms with Crippen molar-refractivity contribution in [1.82, 2.24) is 5.32 Å². The van der Waals surface area contributed by atoms with E-state index in [9.17, 15) is 22.0 Å². The minimum atomic E-state index is -3.49. The molecule has 0 spiro atoms. The molecule has 0 radical (unpaired) electrons. The molecule has 0 aliphatic heterocycles. The fourth-order valence-corrected chi connectivity index (χ4v) is 4.04. The molecule has 1 amide bonds. The van der Waals surface area contributed by atoms with Crippen molar-refractivity contribution in [3.8, 4) is 5.75 Å². The zero-order valence-corrected chi connectivity index (χ0v) is 13.7. The van der Waals surface area contributed by atoms with Gasteiger partial charge in [-0.1, -0.05) is 12.1 Å². The lowest BCUT2D eigenvalue weighted by Gasteiger charge is -2.38. The minimum Gasteiger partial charge on any atom is -0.435 e. The second-order valence-electron chi connectivity index (χ2n) is 5.76.